The van der Waals surface area contributed by atoms with Crippen LogP contribution in [0.5, 0.6) is 5.75 Å². The van der Waals surface area contributed by atoms with Crippen molar-refractivity contribution in [2.45, 2.75) is 32.8 Å². The Bertz CT molecular complexity index is 988. The first-order chi connectivity index (χ1) is 13.3. The number of carbonyl (C=O) groups excluding carboxylic acids is 1. The van der Waals surface area contributed by atoms with Crippen LogP contribution in [0.1, 0.15) is 27.2 Å². The number of halogens is 1. The SMILES string of the molecule is CC(C)CC(C)(COc1ccc(-c2ncnc3[nH]ccc23)cc1Cl)OC(N)=O. The molecule has 0 aliphatic rings. The van der Waals surface area contributed by atoms with Crippen LogP contribution in [-0.4, -0.2) is 33.3 Å². The number of primary amides is 1. The number of benzene rings is 1. The fourth-order valence-corrected chi connectivity index (χ4v) is 3.57. The Balaban J connectivity index is 1.81. The summed E-state index contributed by atoms with van der Waals surface area (Å²) in [6, 6.07) is 7.37. The first-order valence-corrected chi connectivity index (χ1v) is 9.34. The van der Waals surface area contributed by atoms with Crippen LogP contribution in [0.2, 0.25) is 5.02 Å². The van der Waals surface area contributed by atoms with Crippen molar-refractivity contribution in [3.05, 3.63) is 41.8 Å². The van der Waals surface area contributed by atoms with Crippen molar-refractivity contribution in [2.75, 3.05) is 6.61 Å². The molecular formula is C20H23ClN4O3. The molecule has 148 valence electrons. The zero-order valence-electron chi connectivity index (χ0n) is 16.0. The molecule has 0 saturated carbocycles. The van der Waals surface area contributed by atoms with Gasteiger partial charge in [-0.05, 0) is 43.5 Å². The summed E-state index contributed by atoms with van der Waals surface area (Å²) in [5.41, 5.74) is 6.76. The van der Waals surface area contributed by atoms with Crippen LogP contribution in [0.4, 0.5) is 4.79 Å². The molecule has 0 radical (unpaired) electrons. The first kappa shape index (κ1) is 19.9. The van der Waals surface area contributed by atoms with Crippen LogP contribution < -0.4 is 10.5 Å². The predicted octanol–water partition coefficient (Wildman–Crippen LogP) is 4.56. The average molecular weight is 403 g/mol. The summed E-state index contributed by atoms with van der Waals surface area (Å²) < 4.78 is 11.2. The summed E-state index contributed by atoms with van der Waals surface area (Å²) in [5.74, 6) is 0.792. The third kappa shape index (κ3) is 4.54. The molecule has 0 fully saturated rings. The highest BCUT2D eigenvalue weighted by molar-refractivity contribution is 6.32. The fourth-order valence-electron chi connectivity index (χ4n) is 3.33. The smallest absolute Gasteiger partial charge is 0.405 e. The number of hydrogen-bond acceptors (Lipinski definition) is 5. The van der Waals surface area contributed by atoms with E-state index in [0.717, 1.165) is 22.3 Å². The van der Waals surface area contributed by atoms with Crippen LogP contribution in [0.25, 0.3) is 22.3 Å². The molecule has 28 heavy (non-hydrogen) atoms. The van der Waals surface area contributed by atoms with Crippen molar-refractivity contribution in [2.24, 2.45) is 11.7 Å². The molecule has 8 heteroatoms. The Labute approximate surface area is 168 Å². The van der Waals surface area contributed by atoms with Gasteiger partial charge >= 0.3 is 6.09 Å². The van der Waals surface area contributed by atoms with Crippen LogP contribution in [0, 0.1) is 5.92 Å². The summed E-state index contributed by atoms with van der Waals surface area (Å²) >= 11 is 6.44. The predicted molar refractivity (Wildman–Crippen MR) is 108 cm³/mol. The van der Waals surface area contributed by atoms with Gasteiger partial charge in [0, 0.05) is 17.1 Å². The topological polar surface area (TPSA) is 103 Å². The number of fused-ring (bicyclic) bond motifs is 1. The Hall–Kier alpha value is -2.80. The third-order valence-corrected chi connectivity index (χ3v) is 4.57. The van der Waals surface area contributed by atoms with E-state index in [-0.39, 0.29) is 6.61 Å². The molecule has 2 aromatic heterocycles. The fraction of sp³-hybridized carbons (Fsp3) is 0.350. The number of aromatic amines is 1. The van der Waals surface area contributed by atoms with Gasteiger partial charge in [0.25, 0.3) is 0 Å². The molecular weight excluding hydrogens is 380 g/mol. The Morgan fingerprint density at radius 3 is 2.79 bits per heavy atom. The van der Waals surface area contributed by atoms with E-state index >= 15 is 0 Å². The Morgan fingerprint density at radius 2 is 2.11 bits per heavy atom. The van der Waals surface area contributed by atoms with Gasteiger partial charge in [-0.15, -0.1) is 0 Å². The molecule has 0 aliphatic carbocycles. The minimum absolute atomic E-state index is 0.142. The molecule has 3 N–H and O–H groups in total. The van der Waals surface area contributed by atoms with Crippen molar-refractivity contribution in [3.63, 3.8) is 0 Å². The quantitative estimate of drug-likeness (QED) is 0.603. The summed E-state index contributed by atoms with van der Waals surface area (Å²) in [7, 11) is 0. The summed E-state index contributed by atoms with van der Waals surface area (Å²) in [6.07, 6.45) is 3.10. The zero-order chi connectivity index (χ0) is 20.3. The normalized spacial score (nSPS) is 13.5. The third-order valence-electron chi connectivity index (χ3n) is 4.28. The van der Waals surface area contributed by atoms with E-state index in [9.17, 15) is 4.79 Å². The van der Waals surface area contributed by atoms with Gasteiger partial charge in [-0.3, -0.25) is 0 Å². The second kappa shape index (κ2) is 8.06. The highest BCUT2D eigenvalue weighted by atomic mass is 35.5. The molecule has 0 aliphatic heterocycles. The molecule has 1 atom stereocenters. The molecule has 1 unspecified atom stereocenters. The number of rotatable bonds is 7. The largest absolute Gasteiger partial charge is 0.488 e. The van der Waals surface area contributed by atoms with Gasteiger partial charge in [0.15, 0.2) is 0 Å². The van der Waals surface area contributed by atoms with Crippen molar-refractivity contribution in [3.8, 4) is 17.0 Å². The monoisotopic (exact) mass is 402 g/mol. The Kier molecular flexibility index (Phi) is 5.74. The van der Waals surface area contributed by atoms with Crippen molar-refractivity contribution in [1.82, 2.24) is 15.0 Å². The minimum atomic E-state index is -0.841. The summed E-state index contributed by atoms with van der Waals surface area (Å²) in [6.45, 7) is 6.01. The van der Waals surface area contributed by atoms with Gasteiger partial charge in [0.2, 0.25) is 0 Å². The van der Waals surface area contributed by atoms with Gasteiger partial charge < -0.3 is 20.2 Å². The highest BCUT2D eigenvalue weighted by Crippen LogP contribution is 2.33. The van der Waals surface area contributed by atoms with Gasteiger partial charge in [-0.1, -0.05) is 25.4 Å². The lowest BCUT2D eigenvalue weighted by Crippen LogP contribution is -2.41. The molecule has 0 bridgehead atoms. The van der Waals surface area contributed by atoms with Crippen LogP contribution >= 0.6 is 11.6 Å². The number of nitrogens with zero attached hydrogens (tertiary/aromatic N) is 2. The maximum Gasteiger partial charge on any atom is 0.405 e. The molecule has 1 aromatic carbocycles. The Morgan fingerprint density at radius 1 is 1.32 bits per heavy atom. The van der Waals surface area contributed by atoms with Gasteiger partial charge in [0.1, 0.15) is 29.9 Å². The summed E-state index contributed by atoms with van der Waals surface area (Å²) in [5, 5.41) is 1.34. The van der Waals surface area contributed by atoms with E-state index in [1.54, 1.807) is 19.1 Å². The van der Waals surface area contributed by atoms with E-state index in [1.807, 2.05) is 32.2 Å². The van der Waals surface area contributed by atoms with E-state index < -0.39 is 11.7 Å². The number of nitrogens with one attached hydrogen (secondary N) is 1. The van der Waals surface area contributed by atoms with Crippen LogP contribution in [0.15, 0.2) is 36.8 Å². The maximum absolute atomic E-state index is 11.3. The lowest BCUT2D eigenvalue weighted by Gasteiger charge is -2.30. The van der Waals surface area contributed by atoms with Crippen molar-refractivity contribution in [1.29, 1.82) is 0 Å². The van der Waals surface area contributed by atoms with Crippen LogP contribution in [-0.2, 0) is 4.74 Å². The number of aromatic nitrogens is 3. The lowest BCUT2D eigenvalue weighted by molar-refractivity contribution is -0.0185. The van der Waals surface area contributed by atoms with Gasteiger partial charge in [-0.25, -0.2) is 14.8 Å². The number of amides is 1. The molecule has 3 aromatic rings. The second-order valence-electron chi connectivity index (χ2n) is 7.37. The highest BCUT2D eigenvalue weighted by Gasteiger charge is 2.30. The number of nitrogens with two attached hydrogens (primary N) is 1. The van der Waals surface area contributed by atoms with Crippen LogP contribution in [0.3, 0.4) is 0 Å². The maximum atomic E-state index is 11.3. The molecule has 1 amide bonds. The number of ether oxygens (including phenoxy) is 2. The van der Waals surface area contributed by atoms with Crippen molar-refractivity contribution < 1.29 is 14.3 Å². The van der Waals surface area contributed by atoms with E-state index in [2.05, 4.69) is 15.0 Å². The van der Waals surface area contributed by atoms with Gasteiger partial charge in [-0.2, -0.15) is 0 Å². The summed E-state index contributed by atoms with van der Waals surface area (Å²) in [4.78, 5) is 22.9. The van der Waals surface area contributed by atoms with Gasteiger partial charge in [0.05, 0.1) is 10.7 Å². The minimum Gasteiger partial charge on any atom is -0.488 e. The van der Waals surface area contributed by atoms with E-state index in [0.29, 0.717) is 23.1 Å². The second-order valence-corrected chi connectivity index (χ2v) is 7.77. The number of H-pyrrole nitrogens is 1. The van der Waals surface area contributed by atoms with Crippen molar-refractivity contribution >= 4 is 28.7 Å². The number of carbonyl (C=O) groups is 1. The standard InChI is InChI=1S/C20H23ClN4O3/c1-12(2)9-20(3,28-19(22)26)10-27-16-5-4-13(8-15(16)21)17-14-6-7-23-18(14)25-11-24-17/h4-8,11-12H,9-10H2,1-3H3,(H2,22,26)(H,23,24,25). The number of hydrogen-bond donors (Lipinski definition) is 2. The molecule has 2 heterocycles. The first-order valence-electron chi connectivity index (χ1n) is 8.97. The molecule has 0 spiro atoms. The molecule has 7 nitrogen and oxygen atoms in total. The van der Waals surface area contributed by atoms with E-state index in [1.165, 1.54) is 6.33 Å². The molecule has 3 rings (SSSR count). The van der Waals surface area contributed by atoms with E-state index in [4.69, 9.17) is 26.8 Å². The average Bonchev–Trinajstić information content (AvgIpc) is 3.08. The zero-order valence-corrected chi connectivity index (χ0v) is 16.8. The lowest BCUT2D eigenvalue weighted by atomic mass is 9.95. The molecule has 0 saturated heterocycles.